The molecule has 0 radical (unpaired) electrons. The van der Waals surface area contributed by atoms with E-state index in [0.717, 1.165) is 18.6 Å². The standard InChI is InChI=1S/C22H25F2N5O2/c1-13(2)18(12-30)26-22(31)16-11-25-29-9-7-20(27-21(16)29)28-8-3-4-19(28)15-10-14(23)5-6-17(15)24/h5-7,9-11,13,18-19,30H,3-4,8,12H2,1-2H3,(H,26,31). The molecule has 1 fully saturated rings. The normalized spacial score (nSPS) is 17.5. The lowest BCUT2D eigenvalue weighted by atomic mass is 10.0. The van der Waals surface area contributed by atoms with Gasteiger partial charge in [-0.15, -0.1) is 0 Å². The molecule has 2 aromatic heterocycles. The maximum atomic E-state index is 14.4. The molecule has 1 amide bonds. The summed E-state index contributed by atoms with van der Waals surface area (Å²) < 4.78 is 29.7. The Bertz CT molecular complexity index is 1100. The molecule has 0 saturated carbocycles. The summed E-state index contributed by atoms with van der Waals surface area (Å²) in [7, 11) is 0. The fourth-order valence-corrected chi connectivity index (χ4v) is 3.98. The first kappa shape index (κ1) is 21.2. The summed E-state index contributed by atoms with van der Waals surface area (Å²) in [4.78, 5) is 19.3. The number of aliphatic hydroxyl groups excluding tert-OH is 1. The Kier molecular flexibility index (Phi) is 5.86. The predicted octanol–water partition coefficient (Wildman–Crippen LogP) is 3.10. The first-order valence-corrected chi connectivity index (χ1v) is 10.4. The second-order valence-electron chi connectivity index (χ2n) is 8.14. The van der Waals surface area contributed by atoms with Crippen LogP contribution in [0, 0.1) is 17.6 Å². The van der Waals surface area contributed by atoms with Crippen molar-refractivity contribution < 1.29 is 18.7 Å². The fourth-order valence-electron chi connectivity index (χ4n) is 3.98. The Morgan fingerprint density at radius 2 is 2.13 bits per heavy atom. The van der Waals surface area contributed by atoms with E-state index in [0.29, 0.717) is 30.0 Å². The lowest BCUT2D eigenvalue weighted by Gasteiger charge is -2.26. The highest BCUT2D eigenvalue weighted by Crippen LogP contribution is 2.36. The number of aromatic nitrogens is 3. The highest BCUT2D eigenvalue weighted by Gasteiger charge is 2.30. The molecule has 3 heterocycles. The molecule has 0 bridgehead atoms. The summed E-state index contributed by atoms with van der Waals surface area (Å²) >= 11 is 0. The smallest absolute Gasteiger partial charge is 0.257 e. The third kappa shape index (κ3) is 4.10. The molecule has 3 aromatic rings. The van der Waals surface area contributed by atoms with Gasteiger partial charge in [-0.2, -0.15) is 5.10 Å². The predicted molar refractivity (Wildman–Crippen MR) is 112 cm³/mol. The summed E-state index contributed by atoms with van der Waals surface area (Å²) in [5.74, 6) is -0.680. The largest absolute Gasteiger partial charge is 0.394 e. The Hall–Kier alpha value is -3.07. The van der Waals surface area contributed by atoms with Crippen molar-refractivity contribution >= 4 is 17.4 Å². The fraction of sp³-hybridized carbons (Fsp3) is 0.409. The molecule has 7 nitrogen and oxygen atoms in total. The second-order valence-corrected chi connectivity index (χ2v) is 8.14. The van der Waals surface area contributed by atoms with Crippen molar-refractivity contribution in [2.45, 2.75) is 38.8 Å². The van der Waals surface area contributed by atoms with E-state index < -0.39 is 11.6 Å². The molecule has 1 aliphatic heterocycles. The van der Waals surface area contributed by atoms with Crippen LogP contribution in [0.2, 0.25) is 0 Å². The lowest BCUT2D eigenvalue weighted by molar-refractivity contribution is 0.0898. The van der Waals surface area contributed by atoms with Gasteiger partial charge >= 0.3 is 0 Å². The first-order valence-electron chi connectivity index (χ1n) is 10.4. The molecule has 0 spiro atoms. The number of hydrogen-bond donors (Lipinski definition) is 2. The van der Waals surface area contributed by atoms with Gasteiger partial charge in [0.2, 0.25) is 0 Å². The average molecular weight is 429 g/mol. The summed E-state index contributed by atoms with van der Waals surface area (Å²) in [6.07, 6.45) is 4.61. The number of hydrogen-bond acceptors (Lipinski definition) is 5. The van der Waals surface area contributed by atoms with E-state index >= 15 is 0 Å². The van der Waals surface area contributed by atoms with Crippen molar-refractivity contribution in [2.24, 2.45) is 5.92 Å². The van der Waals surface area contributed by atoms with E-state index in [1.165, 1.54) is 16.8 Å². The van der Waals surface area contributed by atoms with E-state index in [9.17, 15) is 18.7 Å². The molecule has 1 saturated heterocycles. The summed E-state index contributed by atoms with van der Waals surface area (Å²) in [5.41, 5.74) is 0.947. The summed E-state index contributed by atoms with van der Waals surface area (Å²) in [6, 6.07) is 4.51. The van der Waals surface area contributed by atoms with Gasteiger partial charge in [0.25, 0.3) is 5.91 Å². The van der Waals surface area contributed by atoms with Crippen molar-refractivity contribution in [1.29, 1.82) is 0 Å². The van der Waals surface area contributed by atoms with Crippen molar-refractivity contribution in [3.8, 4) is 0 Å². The van der Waals surface area contributed by atoms with Gasteiger partial charge in [-0.05, 0) is 43.0 Å². The van der Waals surface area contributed by atoms with Crippen LogP contribution >= 0.6 is 0 Å². The third-order valence-electron chi connectivity index (χ3n) is 5.78. The van der Waals surface area contributed by atoms with Crippen LogP contribution in [0.1, 0.15) is 48.7 Å². The number of carbonyl (C=O) groups is 1. The Balaban J connectivity index is 1.67. The van der Waals surface area contributed by atoms with Crippen LogP contribution in [-0.2, 0) is 0 Å². The van der Waals surface area contributed by atoms with Crippen LogP contribution in [-0.4, -0.2) is 44.8 Å². The minimum Gasteiger partial charge on any atom is -0.394 e. The van der Waals surface area contributed by atoms with Gasteiger partial charge < -0.3 is 15.3 Å². The maximum absolute atomic E-state index is 14.4. The Labute approximate surface area is 178 Å². The minimum atomic E-state index is -0.481. The zero-order chi connectivity index (χ0) is 22.1. The SMILES string of the molecule is CC(C)C(CO)NC(=O)c1cnn2ccc(N3CCCC3c3cc(F)ccc3F)nc12. The number of carbonyl (C=O) groups excluding carboxylic acids is 1. The topological polar surface area (TPSA) is 82.8 Å². The number of halogens is 2. The molecular weight excluding hydrogens is 404 g/mol. The van der Waals surface area contributed by atoms with Gasteiger partial charge in [0, 0.05) is 18.3 Å². The van der Waals surface area contributed by atoms with Crippen LogP contribution < -0.4 is 10.2 Å². The van der Waals surface area contributed by atoms with E-state index in [2.05, 4.69) is 15.4 Å². The van der Waals surface area contributed by atoms with Crippen LogP contribution in [0.4, 0.5) is 14.6 Å². The van der Waals surface area contributed by atoms with Gasteiger partial charge in [0.1, 0.15) is 23.0 Å². The summed E-state index contributed by atoms with van der Waals surface area (Å²) in [5, 5.41) is 16.5. The van der Waals surface area contributed by atoms with Gasteiger partial charge in [0.05, 0.1) is 24.9 Å². The number of benzene rings is 1. The molecule has 2 unspecified atom stereocenters. The zero-order valence-electron chi connectivity index (χ0n) is 17.4. The highest BCUT2D eigenvalue weighted by atomic mass is 19.1. The first-order chi connectivity index (χ1) is 14.9. The molecule has 31 heavy (non-hydrogen) atoms. The zero-order valence-corrected chi connectivity index (χ0v) is 17.4. The molecule has 1 aliphatic rings. The average Bonchev–Trinajstić information content (AvgIpc) is 3.40. The quantitative estimate of drug-likeness (QED) is 0.629. The van der Waals surface area contributed by atoms with Crippen LogP contribution in [0.25, 0.3) is 5.65 Å². The number of nitrogens with one attached hydrogen (secondary N) is 1. The Morgan fingerprint density at radius 1 is 1.32 bits per heavy atom. The summed E-state index contributed by atoms with van der Waals surface area (Å²) in [6.45, 7) is 4.29. The molecule has 2 N–H and O–H groups in total. The van der Waals surface area contributed by atoms with Gasteiger partial charge in [-0.3, -0.25) is 4.79 Å². The monoisotopic (exact) mass is 429 g/mol. The molecular formula is C22H25F2N5O2. The van der Waals surface area contributed by atoms with Gasteiger partial charge in [0.15, 0.2) is 5.65 Å². The molecule has 4 rings (SSSR count). The van der Waals surface area contributed by atoms with Crippen LogP contribution in [0.15, 0.2) is 36.7 Å². The number of rotatable bonds is 6. The van der Waals surface area contributed by atoms with E-state index in [1.807, 2.05) is 18.7 Å². The van der Waals surface area contributed by atoms with Crippen molar-refractivity contribution in [2.75, 3.05) is 18.1 Å². The number of nitrogens with zero attached hydrogens (tertiary/aromatic N) is 4. The highest BCUT2D eigenvalue weighted by molar-refractivity contribution is 6.00. The lowest BCUT2D eigenvalue weighted by Crippen LogP contribution is -2.41. The number of amides is 1. The van der Waals surface area contributed by atoms with Crippen molar-refractivity contribution in [1.82, 2.24) is 19.9 Å². The van der Waals surface area contributed by atoms with E-state index in [1.54, 1.807) is 12.3 Å². The third-order valence-corrected chi connectivity index (χ3v) is 5.78. The molecule has 0 aliphatic carbocycles. The van der Waals surface area contributed by atoms with E-state index in [4.69, 9.17) is 0 Å². The number of fused-ring (bicyclic) bond motifs is 1. The molecule has 164 valence electrons. The number of aliphatic hydroxyl groups is 1. The van der Waals surface area contributed by atoms with Crippen LogP contribution in [0.5, 0.6) is 0 Å². The molecule has 9 heteroatoms. The van der Waals surface area contributed by atoms with Crippen molar-refractivity contribution in [3.05, 3.63) is 59.4 Å². The minimum absolute atomic E-state index is 0.0610. The van der Waals surface area contributed by atoms with Crippen LogP contribution in [0.3, 0.4) is 0 Å². The Morgan fingerprint density at radius 3 is 2.87 bits per heavy atom. The van der Waals surface area contributed by atoms with E-state index in [-0.39, 0.29) is 36.1 Å². The number of anilines is 1. The molecule has 2 atom stereocenters. The second kappa shape index (κ2) is 8.58. The van der Waals surface area contributed by atoms with Gasteiger partial charge in [-0.25, -0.2) is 18.3 Å². The maximum Gasteiger partial charge on any atom is 0.257 e. The molecule has 1 aromatic carbocycles. The van der Waals surface area contributed by atoms with Crippen molar-refractivity contribution in [3.63, 3.8) is 0 Å². The van der Waals surface area contributed by atoms with Gasteiger partial charge in [-0.1, -0.05) is 13.8 Å².